The monoisotopic (exact) mass is 524 g/mol. The Labute approximate surface area is 218 Å². The van der Waals surface area contributed by atoms with Gasteiger partial charge in [0.25, 0.3) is 0 Å². The summed E-state index contributed by atoms with van der Waals surface area (Å²) in [7, 11) is 0. The van der Waals surface area contributed by atoms with E-state index in [2.05, 4.69) is 10.2 Å². The number of nitrogens with zero attached hydrogens (tertiary/aromatic N) is 4. The molecule has 4 aromatic rings. The van der Waals surface area contributed by atoms with Crippen molar-refractivity contribution in [3.63, 3.8) is 0 Å². The number of hydrogen-bond donors (Lipinski definition) is 0. The zero-order chi connectivity index (χ0) is 25.5. The molecule has 0 bridgehead atoms. The fourth-order valence-corrected chi connectivity index (χ4v) is 5.08. The van der Waals surface area contributed by atoms with Crippen LogP contribution in [0.2, 0.25) is 5.02 Å². The van der Waals surface area contributed by atoms with Gasteiger partial charge in [-0.15, -0.1) is 10.2 Å². The molecule has 1 heterocycles. The lowest BCUT2D eigenvalue weighted by Crippen LogP contribution is -2.12. The van der Waals surface area contributed by atoms with Gasteiger partial charge in [-0.05, 0) is 50.2 Å². The van der Waals surface area contributed by atoms with Crippen LogP contribution in [-0.4, -0.2) is 32.8 Å². The van der Waals surface area contributed by atoms with Crippen molar-refractivity contribution in [3.05, 3.63) is 105 Å². The lowest BCUT2D eigenvalue weighted by Gasteiger charge is -2.18. The topological polar surface area (TPSA) is 92.3 Å². The number of nitro groups is 1. The van der Waals surface area contributed by atoms with Crippen LogP contribution in [0.25, 0.3) is 5.69 Å². The molecule has 4 rings (SSSR count). The minimum atomic E-state index is -0.563. The van der Waals surface area contributed by atoms with Crippen LogP contribution in [0, 0.1) is 17.0 Å². The SMILES string of the molecule is CCOc1ccc(-n2c(C)nnc2S[C@H](C[N+](=O)[O-])c2ccccc2OCc2ccccc2Cl)cc1. The average Bonchev–Trinajstić information content (AvgIpc) is 3.23. The maximum absolute atomic E-state index is 11.6. The highest BCUT2D eigenvalue weighted by Gasteiger charge is 2.26. The molecular weight excluding hydrogens is 500 g/mol. The zero-order valence-corrected chi connectivity index (χ0v) is 21.4. The van der Waals surface area contributed by atoms with Crippen molar-refractivity contribution in [2.24, 2.45) is 0 Å². The maximum Gasteiger partial charge on any atom is 0.220 e. The van der Waals surface area contributed by atoms with Crippen LogP contribution >= 0.6 is 23.4 Å². The molecule has 0 saturated carbocycles. The van der Waals surface area contributed by atoms with E-state index in [-0.39, 0.29) is 18.1 Å². The van der Waals surface area contributed by atoms with Crippen molar-refractivity contribution >= 4 is 23.4 Å². The predicted molar refractivity (Wildman–Crippen MR) is 140 cm³/mol. The van der Waals surface area contributed by atoms with E-state index in [4.69, 9.17) is 21.1 Å². The molecule has 0 aliphatic rings. The van der Waals surface area contributed by atoms with E-state index in [1.165, 1.54) is 11.8 Å². The number of hydrogen-bond acceptors (Lipinski definition) is 7. The molecule has 0 N–H and O–H groups in total. The third kappa shape index (κ3) is 6.16. The van der Waals surface area contributed by atoms with Crippen molar-refractivity contribution in [2.45, 2.75) is 30.9 Å². The molecule has 0 radical (unpaired) electrons. The highest BCUT2D eigenvalue weighted by atomic mass is 35.5. The van der Waals surface area contributed by atoms with Gasteiger partial charge in [0.2, 0.25) is 6.54 Å². The number of aromatic nitrogens is 3. The number of ether oxygens (including phenoxy) is 2. The van der Waals surface area contributed by atoms with Crippen molar-refractivity contribution in [1.82, 2.24) is 14.8 Å². The zero-order valence-electron chi connectivity index (χ0n) is 19.8. The number of para-hydroxylation sites is 1. The fraction of sp³-hybridized carbons (Fsp3) is 0.231. The largest absolute Gasteiger partial charge is 0.494 e. The van der Waals surface area contributed by atoms with E-state index in [9.17, 15) is 10.1 Å². The first-order valence-corrected chi connectivity index (χ1v) is 12.6. The van der Waals surface area contributed by atoms with Crippen LogP contribution < -0.4 is 9.47 Å². The van der Waals surface area contributed by atoms with E-state index in [0.29, 0.717) is 33.9 Å². The summed E-state index contributed by atoms with van der Waals surface area (Å²) < 4.78 is 13.5. The van der Waals surface area contributed by atoms with Crippen molar-refractivity contribution in [1.29, 1.82) is 0 Å². The van der Waals surface area contributed by atoms with Crippen LogP contribution in [0.15, 0.2) is 78.0 Å². The van der Waals surface area contributed by atoms with Crippen molar-refractivity contribution < 1.29 is 14.4 Å². The number of benzene rings is 3. The van der Waals surface area contributed by atoms with Gasteiger partial charge in [0, 0.05) is 26.8 Å². The Bertz CT molecular complexity index is 1330. The summed E-state index contributed by atoms with van der Waals surface area (Å²) in [4.78, 5) is 11.3. The van der Waals surface area contributed by atoms with E-state index in [0.717, 1.165) is 17.0 Å². The Morgan fingerprint density at radius 3 is 2.47 bits per heavy atom. The number of halogens is 1. The molecule has 186 valence electrons. The molecule has 1 atom stereocenters. The molecule has 10 heteroatoms. The molecular formula is C26H25ClN4O4S. The van der Waals surface area contributed by atoms with Gasteiger partial charge in [-0.1, -0.05) is 59.8 Å². The molecule has 36 heavy (non-hydrogen) atoms. The van der Waals surface area contributed by atoms with Gasteiger partial charge in [-0.25, -0.2) is 0 Å². The standard InChI is InChI=1S/C26H25ClN4O4S/c1-3-34-21-14-12-20(13-15-21)31-18(2)28-29-26(31)36-25(16-30(32)33)22-9-5-7-11-24(22)35-17-19-8-4-6-10-23(19)27/h4-15,25H,3,16-17H2,1-2H3/t25-/m1/s1. The van der Waals surface area contributed by atoms with Gasteiger partial charge in [-0.3, -0.25) is 14.7 Å². The third-order valence-electron chi connectivity index (χ3n) is 5.37. The highest BCUT2D eigenvalue weighted by molar-refractivity contribution is 7.99. The second-order valence-corrected chi connectivity index (χ2v) is 9.41. The molecule has 0 saturated heterocycles. The quantitative estimate of drug-likeness (QED) is 0.129. The van der Waals surface area contributed by atoms with Crippen LogP contribution in [0.1, 0.15) is 29.1 Å². The van der Waals surface area contributed by atoms with E-state index in [1.807, 2.05) is 85.1 Å². The minimum Gasteiger partial charge on any atom is -0.494 e. The molecule has 8 nitrogen and oxygen atoms in total. The molecule has 0 spiro atoms. The first-order chi connectivity index (χ1) is 17.5. The second kappa shape index (κ2) is 11.9. The minimum absolute atomic E-state index is 0.244. The third-order valence-corrected chi connectivity index (χ3v) is 6.90. The van der Waals surface area contributed by atoms with E-state index >= 15 is 0 Å². The average molecular weight is 525 g/mol. The summed E-state index contributed by atoms with van der Waals surface area (Å²) in [6.45, 7) is 4.28. The van der Waals surface area contributed by atoms with E-state index in [1.54, 1.807) is 6.07 Å². The van der Waals surface area contributed by atoms with Gasteiger partial charge in [0.15, 0.2) is 5.16 Å². The van der Waals surface area contributed by atoms with Crippen LogP contribution in [-0.2, 0) is 6.61 Å². The Balaban J connectivity index is 1.63. The molecule has 1 aromatic heterocycles. The molecule has 0 fully saturated rings. The summed E-state index contributed by atoms with van der Waals surface area (Å²) >= 11 is 7.55. The number of aryl methyl sites for hydroxylation is 1. The van der Waals surface area contributed by atoms with Gasteiger partial charge in [0.05, 0.1) is 6.61 Å². The summed E-state index contributed by atoms with van der Waals surface area (Å²) in [5.41, 5.74) is 2.37. The fourth-order valence-electron chi connectivity index (χ4n) is 3.69. The van der Waals surface area contributed by atoms with Crippen LogP contribution in [0.5, 0.6) is 11.5 Å². The molecule has 3 aromatic carbocycles. The normalized spacial score (nSPS) is 11.8. The summed E-state index contributed by atoms with van der Waals surface area (Å²) in [6, 6.07) is 22.3. The second-order valence-electron chi connectivity index (χ2n) is 7.83. The van der Waals surface area contributed by atoms with Crippen molar-refractivity contribution in [2.75, 3.05) is 13.2 Å². The number of thioether (sulfide) groups is 1. The Kier molecular flexibility index (Phi) is 8.45. The van der Waals surface area contributed by atoms with Gasteiger partial charge in [-0.2, -0.15) is 0 Å². The molecule has 0 aliphatic carbocycles. The van der Waals surface area contributed by atoms with Gasteiger partial charge >= 0.3 is 0 Å². The Hall–Kier alpha value is -3.56. The predicted octanol–water partition coefficient (Wildman–Crippen LogP) is 6.32. The molecule has 0 aliphatic heterocycles. The molecule has 0 unspecified atom stereocenters. The van der Waals surface area contributed by atoms with Crippen molar-refractivity contribution in [3.8, 4) is 17.2 Å². The Morgan fingerprint density at radius 2 is 1.75 bits per heavy atom. The number of rotatable bonds is 11. The Morgan fingerprint density at radius 1 is 1.03 bits per heavy atom. The lowest BCUT2D eigenvalue weighted by molar-refractivity contribution is -0.479. The van der Waals surface area contributed by atoms with E-state index < -0.39 is 5.25 Å². The first-order valence-electron chi connectivity index (χ1n) is 11.3. The summed E-state index contributed by atoms with van der Waals surface area (Å²) in [6.07, 6.45) is 0. The molecule has 0 amide bonds. The highest BCUT2D eigenvalue weighted by Crippen LogP contribution is 2.40. The van der Waals surface area contributed by atoms with Crippen LogP contribution in [0.4, 0.5) is 0 Å². The van der Waals surface area contributed by atoms with Gasteiger partial charge in [0.1, 0.15) is 29.2 Å². The van der Waals surface area contributed by atoms with Crippen LogP contribution in [0.3, 0.4) is 0 Å². The smallest absolute Gasteiger partial charge is 0.220 e. The lowest BCUT2D eigenvalue weighted by atomic mass is 10.1. The summed E-state index contributed by atoms with van der Waals surface area (Å²) in [5, 5.41) is 20.8. The van der Waals surface area contributed by atoms with Gasteiger partial charge < -0.3 is 9.47 Å². The first kappa shape index (κ1) is 25.5. The summed E-state index contributed by atoms with van der Waals surface area (Å²) in [5.74, 6) is 1.99. The maximum atomic E-state index is 11.6.